The molecule has 0 fully saturated rings. The third-order valence-electron chi connectivity index (χ3n) is 8.21. The van der Waals surface area contributed by atoms with Crippen LogP contribution in [0.2, 0.25) is 10.0 Å². The highest BCUT2D eigenvalue weighted by Gasteiger charge is 2.46. The highest BCUT2D eigenvalue weighted by Crippen LogP contribution is 2.52. The average Bonchev–Trinajstić information content (AvgIpc) is 2.82. The quantitative estimate of drug-likeness (QED) is 0.372. The molecule has 1 heterocycles. The van der Waals surface area contributed by atoms with Crippen molar-refractivity contribution in [3.05, 3.63) is 79.6 Å². The second-order valence-corrected chi connectivity index (χ2v) is 14.0. The van der Waals surface area contributed by atoms with Crippen LogP contribution in [0.5, 0.6) is 5.75 Å². The number of rotatable bonds is 5. The summed E-state index contributed by atoms with van der Waals surface area (Å²) in [5.74, 6) is -0.692. The molecular weight excluding hydrogens is 559 g/mol. The standard InChI is InChI=1S/C33H36Cl2N2O4/c1-17-7-8-20(9-18(17)2)36-27(40)16-41-31-21(34)10-19(11-22(31)35)28-29-23(12-32(3,4)14-25(29)38)37-24-13-33(5,6)15-26(39)30(24)28/h7-11,28,37H,12-16H2,1-6H3,(H,36,40). The number of halogens is 2. The molecule has 3 aliphatic rings. The molecule has 6 nitrogen and oxygen atoms in total. The van der Waals surface area contributed by atoms with Gasteiger partial charge in [-0.2, -0.15) is 0 Å². The number of hydrogen-bond donors (Lipinski definition) is 2. The monoisotopic (exact) mass is 594 g/mol. The molecule has 0 saturated carbocycles. The van der Waals surface area contributed by atoms with Crippen LogP contribution in [0.15, 0.2) is 52.9 Å². The largest absolute Gasteiger partial charge is 0.481 e. The fourth-order valence-electron chi connectivity index (χ4n) is 6.26. The molecule has 216 valence electrons. The molecule has 0 atom stereocenters. The van der Waals surface area contributed by atoms with Crippen LogP contribution >= 0.6 is 23.2 Å². The van der Waals surface area contributed by atoms with Crippen LogP contribution in [0.3, 0.4) is 0 Å². The smallest absolute Gasteiger partial charge is 0.262 e. The van der Waals surface area contributed by atoms with E-state index in [1.165, 1.54) is 0 Å². The number of carbonyl (C=O) groups is 3. The molecule has 0 saturated heterocycles. The maximum absolute atomic E-state index is 13.6. The molecular formula is C33H36Cl2N2O4. The molecule has 2 N–H and O–H groups in total. The van der Waals surface area contributed by atoms with Crippen molar-refractivity contribution >= 4 is 46.4 Å². The van der Waals surface area contributed by atoms with Gasteiger partial charge in [0.05, 0.1) is 10.0 Å². The summed E-state index contributed by atoms with van der Waals surface area (Å²) in [6, 6.07) is 9.08. The number of amides is 1. The second kappa shape index (κ2) is 10.6. The van der Waals surface area contributed by atoms with Crippen molar-refractivity contribution in [1.82, 2.24) is 5.32 Å². The van der Waals surface area contributed by atoms with Gasteiger partial charge in [-0.05, 0) is 78.5 Å². The average molecular weight is 596 g/mol. The summed E-state index contributed by atoms with van der Waals surface area (Å²) in [6.45, 7) is 12.0. The van der Waals surface area contributed by atoms with Gasteiger partial charge in [0, 0.05) is 47.0 Å². The van der Waals surface area contributed by atoms with Gasteiger partial charge in [0.15, 0.2) is 23.9 Å². The highest BCUT2D eigenvalue weighted by molar-refractivity contribution is 6.37. The van der Waals surface area contributed by atoms with Crippen LogP contribution < -0.4 is 15.4 Å². The lowest BCUT2D eigenvalue weighted by Crippen LogP contribution is -2.42. The number of Topliss-reactive ketones (excluding diaryl/α,β-unsaturated/α-hetero) is 2. The van der Waals surface area contributed by atoms with Crippen molar-refractivity contribution in [2.75, 3.05) is 11.9 Å². The lowest BCUT2D eigenvalue weighted by molar-refractivity contribution is -0.119. The molecule has 0 spiro atoms. The molecule has 0 unspecified atom stereocenters. The van der Waals surface area contributed by atoms with Crippen LogP contribution in [0.1, 0.15) is 76.0 Å². The van der Waals surface area contributed by atoms with E-state index in [0.717, 1.165) is 22.5 Å². The minimum Gasteiger partial charge on any atom is -0.481 e. The van der Waals surface area contributed by atoms with Gasteiger partial charge in [0.1, 0.15) is 0 Å². The predicted molar refractivity (Wildman–Crippen MR) is 162 cm³/mol. The number of benzene rings is 2. The highest BCUT2D eigenvalue weighted by atomic mass is 35.5. The van der Waals surface area contributed by atoms with Crippen molar-refractivity contribution in [2.45, 2.75) is 73.1 Å². The number of ketones is 2. The summed E-state index contributed by atoms with van der Waals surface area (Å²) in [5, 5.41) is 6.75. The summed E-state index contributed by atoms with van der Waals surface area (Å²) in [6.07, 6.45) is 2.19. The van der Waals surface area contributed by atoms with E-state index in [-0.39, 0.29) is 50.7 Å². The molecule has 0 aromatic heterocycles. The number of ether oxygens (including phenoxy) is 1. The first-order valence-corrected chi connectivity index (χ1v) is 14.7. The van der Waals surface area contributed by atoms with E-state index >= 15 is 0 Å². The lowest BCUT2D eigenvalue weighted by Gasteiger charge is -2.44. The Morgan fingerprint density at radius 2 is 1.41 bits per heavy atom. The van der Waals surface area contributed by atoms with E-state index in [1.54, 1.807) is 12.1 Å². The van der Waals surface area contributed by atoms with E-state index in [0.29, 0.717) is 48.1 Å². The second-order valence-electron chi connectivity index (χ2n) is 13.2. The van der Waals surface area contributed by atoms with Gasteiger partial charge in [-0.1, -0.05) is 57.0 Å². The molecule has 0 bridgehead atoms. The fraction of sp³-hybridized carbons (Fsp3) is 0.424. The van der Waals surface area contributed by atoms with E-state index in [1.807, 2.05) is 32.0 Å². The zero-order valence-electron chi connectivity index (χ0n) is 24.4. The van der Waals surface area contributed by atoms with Crippen molar-refractivity contribution < 1.29 is 19.1 Å². The zero-order chi connectivity index (χ0) is 29.9. The molecule has 1 aliphatic heterocycles. The van der Waals surface area contributed by atoms with Crippen LogP contribution in [0.25, 0.3) is 0 Å². The normalized spacial score (nSPS) is 19.9. The summed E-state index contributed by atoms with van der Waals surface area (Å²) in [4.78, 5) is 39.7. The summed E-state index contributed by atoms with van der Waals surface area (Å²) in [5.41, 5.74) is 6.13. The number of nitrogens with one attached hydrogen (secondary N) is 2. The van der Waals surface area contributed by atoms with Gasteiger partial charge in [0.25, 0.3) is 5.91 Å². The van der Waals surface area contributed by atoms with Crippen molar-refractivity contribution in [3.8, 4) is 5.75 Å². The van der Waals surface area contributed by atoms with Gasteiger partial charge >= 0.3 is 0 Å². The van der Waals surface area contributed by atoms with Gasteiger partial charge in [0.2, 0.25) is 0 Å². The number of allylic oxidation sites excluding steroid dienone is 4. The molecule has 2 aromatic carbocycles. The van der Waals surface area contributed by atoms with Gasteiger partial charge in [-0.3, -0.25) is 14.4 Å². The van der Waals surface area contributed by atoms with Gasteiger partial charge in [-0.15, -0.1) is 0 Å². The molecule has 8 heteroatoms. The van der Waals surface area contributed by atoms with Crippen LogP contribution in [0.4, 0.5) is 5.69 Å². The van der Waals surface area contributed by atoms with E-state index in [9.17, 15) is 14.4 Å². The van der Waals surface area contributed by atoms with Crippen LogP contribution in [0, 0.1) is 24.7 Å². The Balaban J connectivity index is 1.46. The first kappa shape index (κ1) is 29.4. The molecule has 0 radical (unpaired) electrons. The Kier molecular flexibility index (Phi) is 7.62. The minimum absolute atomic E-state index is 0.0218. The van der Waals surface area contributed by atoms with Crippen molar-refractivity contribution in [2.24, 2.45) is 10.8 Å². The molecule has 2 aromatic rings. The third-order valence-corrected chi connectivity index (χ3v) is 8.77. The lowest BCUT2D eigenvalue weighted by atomic mass is 9.64. The van der Waals surface area contributed by atoms with Crippen molar-refractivity contribution in [1.29, 1.82) is 0 Å². The summed E-state index contributed by atoms with van der Waals surface area (Å²) < 4.78 is 5.76. The minimum atomic E-state index is -0.564. The maximum atomic E-state index is 13.6. The van der Waals surface area contributed by atoms with Gasteiger partial charge < -0.3 is 15.4 Å². The topological polar surface area (TPSA) is 84.5 Å². The molecule has 41 heavy (non-hydrogen) atoms. The summed E-state index contributed by atoms with van der Waals surface area (Å²) >= 11 is 13.4. The third kappa shape index (κ3) is 5.96. The van der Waals surface area contributed by atoms with E-state index in [2.05, 4.69) is 38.3 Å². The Bertz CT molecular complexity index is 1480. The number of hydrogen-bond acceptors (Lipinski definition) is 5. The van der Waals surface area contributed by atoms with E-state index < -0.39 is 5.92 Å². The number of aryl methyl sites for hydroxylation is 2. The Morgan fingerprint density at radius 3 is 1.93 bits per heavy atom. The van der Waals surface area contributed by atoms with E-state index in [4.69, 9.17) is 27.9 Å². The van der Waals surface area contributed by atoms with Crippen LogP contribution in [-0.4, -0.2) is 24.1 Å². The predicted octanol–water partition coefficient (Wildman–Crippen LogP) is 7.60. The number of anilines is 1. The fourth-order valence-corrected chi connectivity index (χ4v) is 6.87. The van der Waals surface area contributed by atoms with Crippen molar-refractivity contribution in [3.63, 3.8) is 0 Å². The Morgan fingerprint density at radius 1 is 0.878 bits per heavy atom. The SMILES string of the molecule is Cc1ccc(NC(=O)COc2c(Cl)cc(C3C4=C(CC(C)(C)CC4=O)NC4=C3C(=O)CC(C)(C)C4)cc2Cl)cc1C. The first-order chi connectivity index (χ1) is 19.1. The Labute approximate surface area is 251 Å². The summed E-state index contributed by atoms with van der Waals surface area (Å²) in [7, 11) is 0. The number of dihydropyridines is 1. The molecule has 1 amide bonds. The Hall–Kier alpha value is -3.09. The first-order valence-electron chi connectivity index (χ1n) is 13.9. The molecule has 5 rings (SSSR count). The van der Waals surface area contributed by atoms with Gasteiger partial charge in [-0.25, -0.2) is 0 Å². The van der Waals surface area contributed by atoms with Crippen LogP contribution in [-0.2, 0) is 14.4 Å². The number of carbonyl (C=O) groups excluding carboxylic acids is 3. The molecule has 2 aliphatic carbocycles. The zero-order valence-corrected chi connectivity index (χ0v) is 25.9. The maximum Gasteiger partial charge on any atom is 0.262 e.